The van der Waals surface area contributed by atoms with Crippen LogP contribution in [0.15, 0.2) is 59.1 Å². The molecule has 0 saturated heterocycles. The average Bonchev–Trinajstić information content (AvgIpc) is 3.34. The van der Waals surface area contributed by atoms with Gasteiger partial charge in [-0.25, -0.2) is 4.68 Å². The van der Waals surface area contributed by atoms with Crippen LogP contribution in [0.2, 0.25) is 0 Å². The predicted molar refractivity (Wildman–Crippen MR) is 106 cm³/mol. The van der Waals surface area contributed by atoms with E-state index in [0.717, 1.165) is 29.8 Å². The smallest absolute Gasteiger partial charge is 0.261 e. The topological polar surface area (TPSA) is 98.7 Å². The standard InChI is InChI=1S/C21H18N6O2/c1-13-18(19(24-29-13)14-5-3-2-4-6-14)21(28)22-16-9-7-15(8-10-16)20-23-25-26-27(20)17-11-12-17/h2-10,17H,11-12H2,1H3,(H,22,28). The van der Waals surface area contributed by atoms with E-state index in [1.807, 2.05) is 59.3 Å². The molecule has 1 fully saturated rings. The molecular formula is C21H18N6O2. The van der Waals surface area contributed by atoms with Gasteiger partial charge in [0.25, 0.3) is 5.91 Å². The third-order valence-corrected chi connectivity index (χ3v) is 4.92. The maximum absolute atomic E-state index is 12.9. The van der Waals surface area contributed by atoms with E-state index in [0.29, 0.717) is 28.7 Å². The fraction of sp³-hybridized carbons (Fsp3) is 0.190. The number of rotatable bonds is 5. The van der Waals surface area contributed by atoms with Crippen LogP contribution >= 0.6 is 0 Å². The number of hydrogen-bond donors (Lipinski definition) is 1. The molecule has 8 heteroatoms. The van der Waals surface area contributed by atoms with E-state index in [1.54, 1.807) is 6.92 Å². The van der Waals surface area contributed by atoms with Crippen molar-refractivity contribution in [1.29, 1.82) is 0 Å². The average molecular weight is 386 g/mol. The molecule has 0 radical (unpaired) electrons. The van der Waals surface area contributed by atoms with Gasteiger partial charge in [0.05, 0.1) is 6.04 Å². The van der Waals surface area contributed by atoms with E-state index in [4.69, 9.17) is 4.52 Å². The maximum Gasteiger partial charge on any atom is 0.261 e. The highest BCUT2D eigenvalue weighted by Gasteiger charge is 2.28. The number of aromatic nitrogens is 5. The SMILES string of the molecule is Cc1onc(-c2ccccc2)c1C(=O)Nc1ccc(-c2nnnn2C2CC2)cc1. The molecule has 1 saturated carbocycles. The number of aryl methyl sites for hydroxylation is 1. The van der Waals surface area contributed by atoms with Gasteiger partial charge in [-0.15, -0.1) is 5.10 Å². The summed E-state index contributed by atoms with van der Waals surface area (Å²) in [6, 6.07) is 17.4. The van der Waals surface area contributed by atoms with Gasteiger partial charge in [0.1, 0.15) is 17.0 Å². The van der Waals surface area contributed by atoms with Gasteiger partial charge in [0.2, 0.25) is 0 Å². The molecule has 0 aliphatic heterocycles. The third kappa shape index (κ3) is 3.29. The first kappa shape index (κ1) is 17.3. The van der Waals surface area contributed by atoms with Crippen LogP contribution in [0.25, 0.3) is 22.6 Å². The summed E-state index contributed by atoms with van der Waals surface area (Å²) in [7, 11) is 0. The molecule has 4 aromatic rings. The lowest BCUT2D eigenvalue weighted by atomic mass is 10.1. The minimum atomic E-state index is -0.266. The van der Waals surface area contributed by atoms with E-state index in [-0.39, 0.29) is 5.91 Å². The van der Waals surface area contributed by atoms with Crippen molar-refractivity contribution < 1.29 is 9.32 Å². The quantitative estimate of drug-likeness (QED) is 0.559. The molecule has 5 rings (SSSR count). The van der Waals surface area contributed by atoms with Gasteiger partial charge in [-0.3, -0.25) is 4.79 Å². The van der Waals surface area contributed by atoms with Gasteiger partial charge >= 0.3 is 0 Å². The Morgan fingerprint density at radius 1 is 1.07 bits per heavy atom. The summed E-state index contributed by atoms with van der Waals surface area (Å²) in [4.78, 5) is 12.9. The number of carbonyl (C=O) groups is 1. The van der Waals surface area contributed by atoms with Gasteiger partial charge in [-0.05, 0) is 54.5 Å². The lowest BCUT2D eigenvalue weighted by Gasteiger charge is -2.07. The molecule has 0 unspecified atom stereocenters. The van der Waals surface area contributed by atoms with Crippen molar-refractivity contribution in [3.63, 3.8) is 0 Å². The zero-order valence-corrected chi connectivity index (χ0v) is 15.7. The predicted octanol–water partition coefficient (Wildman–Crippen LogP) is 3.89. The molecule has 29 heavy (non-hydrogen) atoms. The summed E-state index contributed by atoms with van der Waals surface area (Å²) >= 11 is 0. The van der Waals surface area contributed by atoms with Crippen LogP contribution in [0.3, 0.4) is 0 Å². The third-order valence-electron chi connectivity index (χ3n) is 4.92. The zero-order valence-electron chi connectivity index (χ0n) is 15.7. The van der Waals surface area contributed by atoms with Crippen LogP contribution in [0, 0.1) is 6.92 Å². The lowest BCUT2D eigenvalue weighted by Crippen LogP contribution is -2.13. The molecule has 8 nitrogen and oxygen atoms in total. The van der Waals surface area contributed by atoms with Crippen LogP contribution in [0.1, 0.15) is 35.0 Å². The molecule has 1 amide bonds. The van der Waals surface area contributed by atoms with Crippen molar-refractivity contribution in [1.82, 2.24) is 25.4 Å². The molecule has 0 bridgehead atoms. The van der Waals surface area contributed by atoms with Crippen LogP contribution in [0.5, 0.6) is 0 Å². The Kier molecular flexibility index (Phi) is 4.16. The summed E-state index contributed by atoms with van der Waals surface area (Å²) in [5.41, 5.74) is 3.37. The van der Waals surface area contributed by atoms with Crippen molar-refractivity contribution in [2.24, 2.45) is 0 Å². The number of carbonyl (C=O) groups excluding carboxylic acids is 1. The van der Waals surface area contributed by atoms with Gasteiger partial charge in [-0.2, -0.15) is 0 Å². The number of nitrogens with one attached hydrogen (secondary N) is 1. The summed E-state index contributed by atoms with van der Waals surface area (Å²) in [6.45, 7) is 1.73. The monoisotopic (exact) mass is 386 g/mol. The number of amides is 1. The summed E-state index contributed by atoms with van der Waals surface area (Å²) in [5.74, 6) is 0.950. The first-order chi connectivity index (χ1) is 14.2. The Bertz CT molecular complexity index is 1160. The second kappa shape index (κ2) is 6.97. The van der Waals surface area contributed by atoms with Gasteiger partial charge in [-0.1, -0.05) is 35.5 Å². The molecule has 2 aromatic carbocycles. The fourth-order valence-electron chi connectivity index (χ4n) is 3.28. The van der Waals surface area contributed by atoms with Crippen molar-refractivity contribution in [2.45, 2.75) is 25.8 Å². The minimum absolute atomic E-state index is 0.266. The van der Waals surface area contributed by atoms with E-state index in [2.05, 4.69) is 26.0 Å². The van der Waals surface area contributed by atoms with E-state index in [1.165, 1.54) is 0 Å². The van der Waals surface area contributed by atoms with Gasteiger partial charge < -0.3 is 9.84 Å². The zero-order chi connectivity index (χ0) is 19.8. The first-order valence-electron chi connectivity index (χ1n) is 9.42. The second-order valence-corrected chi connectivity index (χ2v) is 7.04. The molecular weight excluding hydrogens is 368 g/mol. The normalized spacial score (nSPS) is 13.4. The minimum Gasteiger partial charge on any atom is -0.360 e. The van der Waals surface area contributed by atoms with E-state index in [9.17, 15) is 4.79 Å². The molecule has 144 valence electrons. The van der Waals surface area contributed by atoms with Crippen LogP contribution in [0.4, 0.5) is 5.69 Å². The highest BCUT2D eigenvalue weighted by atomic mass is 16.5. The van der Waals surface area contributed by atoms with Gasteiger partial charge in [0.15, 0.2) is 5.82 Å². The van der Waals surface area contributed by atoms with Crippen LogP contribution in [-0.4, -0.2) is 31.3 Å². The Morgan fingerprint density at radius 2 is 1.83 bits per heavy atom. The maximum atomic E-state index is 12.9. The van der Waals surface area contributed by atoms with Crippen molar-refractivity contribution in [3.05, 3.63) is 65.9 Å². The molecule has 1 aliphatic rings. The molecule has 2 aromatic heterocycles. The Hall–Kier alpha value is -3.81. The highest BCUT2D eigenvalue weighted by molar-refractivity contribution is 6.08. The van der Waals surface area contributed by atoms with E-state index >= 15 is 0 Å². The number of nitrogens with zero attached hydrogens (tertiary/aromatic N) is 5. The Labute approximate surface area is 166 Å². The number of anilines is 1. The van der Waals surface area contributed by atoms with Crippen LogP contribution < -0.4 is 5.32 Å². The highest BCUT2D eigenvalue weighted by Crippen LogP contribution is 2.36. The van der Waals surface area contributed by atoms with Crippen molar-refractivity contribution >= 4 is 11.6 Å². The van der Waals surface area contributed by atoms with Crippen molar-refractivity contribution in [2.75, 3.05) is 5.32 Å². The van der Waals surface area contributed by atoms with Crippen molar-refractivity contribution in [3.8, 4) is 22.6 Å². The summed E-state index contributed by atoms with van der Waals surface area (Å²) in [6.07, 6.45) is 2.21. The Morgan fingerprint density at radius 3 is 2.55 bits per heavy atom. The second-order valence-electron chi connectivity index (χ2n) is 7.04. The molecule has 1 N–H and O–H groups in total. The number of tetrazole rings is 1. The molecule has 0 spiro atoms. The molecule has 0 atom stereocenters. The van der Waals surface area contributed by atoms with E-state index < -0.39 is 0 Å². The summed E-state index contributed by atoms with van der Waals surface area (Å²) in [5, 5.41) is 19.0. The Balaban J connectivity index is 1.38. The largest absolute Gasteiger partial charge is 0.360 e. The molecule has 1 aliphatic carbocycles. The fourth-order valence-corrected chi connectivity index (χ4v) is 3.28. The number of hydrogen-bond acceptors (Lipinski definition) is 6. The lowest BCUT2D eigenvalue weighted by molar-refractivity contribution is 0.102. The first-order valence-corrected chi connectivity index (χ1v) is 9.42. The van der Waals surface area contributed by atoms with Gasteiger partial charge in [0, 0.05) is 16.8 Å². The number of benzene rings is 2. The van der Waals surface area contributed by atoms with Crippen LogP contribution in [-0.2, 0) is 0 Å². The molecule has 2 heterocycles. The summed E-state index contributed by atoms with van der Waals surface area (Å²) < 4.78 is 7.14.